The molecule has 0 bridgehead atoms. The first-order valence-corrected chi connectivity index (χ1v) is 8.97. The lowest BCUT2D eigenvalue weighted by atomic mass is 10.1. The number of nitrogens with zero attached hydrogens (tertiary/aromatic N) is 1. The molecule has 0 radical (unpaired) electrons. The van der Waals surface area contributed by atoms with E-state index in [9.17, 15) is 9.59 Å². The average molecular weight is 381 g/mol. The predicted molar refractivity (Wildman–Crippen MR) is 105 cm³/mol. The van der Waals surface area contributed by atoms with Crippen LogP contribution in [0.2, 0.25) is 5.02 Å². The molecule has 1 amide bonds. The zero-order chi connectivity index (χ0) is 18.8. The second kappa shape index (κ2) is 7.34. The molecule has 6 nitrogen and oxygen atoms in total. The molecule has 3 N–H and O–H groups in total. The molecule has 0 fully saturated rings. The predicted octanol–water partition coefficient (Wildman–Crippen LogP) is 2.99. The summed E-state index contributed by atoms with van der Waals surface area (Å²) in [4.78, 5) is 32.0. The molecule has 0 saturated heterocycles. The van der Waals surface area contributed by atoms with Gasteiger partial charge in [0, 0.05) is 35.9 Å². The molecule has 0 aliphatic carbocycles. The minimum atomic E-state index is -0.473. The summed E-state index contributed by atoms with van der Waals surface area (Å²) in [5.41, 5.74) is 3.62. The van der Waals surface area contributed by atoms with Crippen molar-refractivity contribution in [2.45, 2.75) is 13.0 Å². The lowest BCUT2D eigenvalue weighted by molar-refractivity contribution is 0.102. The van der Waals surface area contributed by atoms with Crippen molar-refractivity contribution in [3.8, 4) is 11.3 Å². The summed E-state index contributed by atoms with van der Waals surface area (Å²) in [7, 11) is 0. The quantitative estimate of drug-likeness (QED) is 0.652. The normalized spacial score (nSPS) is 13.1. The number of anilines is 1. The zero-order valence-corrected chi connectivity index (χ0v) is 15.1. The van der Waals surface area contributed by atoms with Gasteiger partial charge >= 0.3 is 0 Å². The second-order valence-corrected chi connectivity index (χ2v) is 6.77. The maximum Gasteiger partial charge on any atom is 0.261 e. The van der Waals surface area contributed by atoms with E-state index in [0.717, 1.165) is 36.3 Å². The van der Waals surface area contributed by atoms with Gasteiger partial charge in [-0.05, 0) is 41.5 Å². The van der Waals surface area contributed by atoms with Gasteiger partial charge in [0.15, 0.2) is 0 Å². The van der Waals surface area contributed by atoms with Crippen molar-refractivity contribution < 1.29 is 4.79 Å². The van der Waals surface area contributed by atoms with Crippen LogP contribution in [0.15, 0.2) is 53.5 Å². The minimum Gasteiger partial charge on any atom is -0.321 e. The summed E-state index contributed by atoms with van der Waals surface area (Å²) in [6, 6.07) is 12.2. The number of carbonyl (C=O) groups is 1. The van der Waals surface area contributed by atoms with E-state index in [4.69, 9.17) is 11.6 Å². The lowest BCUT2D eigenvalue weighted by Gasteiger charge is -2.17. The van der Waals surface area contributed by atoms with Gasteiger partial charge in [-0.15, -0.1) is 0 Å². The van der Waals surface area contributed by atoms with Crippen molar-refractivity contribution in [3.05, 3.63) is 80.9 Å². The largest absolute Gasteiger partial charge is 0.321 e. The van der Waals surface area contributed by atoms with Crippen molar-refractivity contribution in [2.75, 3.05) is 11.9 Å². The van der Waals surface area contributed by atoms with E-state index < -0.39 is 11.5 Å². The fraction of sp³-hybridized carbons (Fsp3) is 0.150. The highest BCUT2D eigenvalue weighted by atomic mass is 35.5. The van der Waals surface area contributed by atoms with Gasteiger partial charge in [-0.3, -0.25) is 14.6 Å². The Labute approximate surface area is 160 Å². The fourth-order valence-corrected chi connectivity index (χ4v) is 3.28. The molecule has 27 heavy (non-hydrogen) atoms. The van der Waals surface area contributed by atoms with Gasteiger partial charge < -0.3 is 15.6 Å². The third kappa shape index (κ3) is 3.77. The Balaban J connectivity index is 1.56. The van der Waals surface area contributed by atoms with Crippen molar-refractivity contribution in [2.24, 2.45) is 0 Å². The Morgan fingerprint density at radius 2 is 2.07 bits per heavy atom. The summed E-state index contributed by atoms with van der Waals surface area (Å²) >= 11 is 5.99. The number of H-pyrrole nitrogens is 1. The standard InChI is InChI=1S/C20H17ClN4O2/c21-14-3-1-2-12(8-14)18-5-4-16(20(27)25-18)19(26)24-15-9-13-10-22-7-6-17(13)23-11-15/h1-5,8-9,11,22H,6-7,10H2,(H,24,26)(H,25,27). The third-order valence-corrected chi connectivity index (χ3v) is 4.70. The Morgan fingerprint density at radius 3 is 2.89 bits per heavy atom. The number of hydrogen-bond acceptors (Lipinski definition) is 4. The van der Waals surface area contributed by atoms with Crippen LogP contribution >= 0.6 is 11.6 Å². The summed E-state index contributed by atoms with van der Waals surface area (Å²) < 4.78 is 0. The molecule has 1 aromatic carbocycles. The van der Waals surface area contributed by atoms with Crippen molar-refractivity contribution in [1.29, 1.82) is 0 Å². The number of benzene rings is 1. The molecule has 2 aromatic heterocycles. The van der Waals surface area contributed by atoms with Gasteiger partial charge in [0.2, 0.25) is 0 Å². The summed E-state index contributed by atoms with van der Waals surface area (Å²) in [6.07, 6.45) is 2.49. The number of aromatic amines is 1. The summed E-state index contributed by atoms with van der Waals surface area (Å²) in [6.45, 7) is 1.63. The van der Waals surface area contributed by atoms with Crippen molar-refractivity contribution in [3.63, 3.8) is 0 Å². The molecule has 7 heteroatoms. The van der Waals surface area contributed by atoms with E-state index in [0.29, 0.717) is 16.4 Å². The second-order valence-electron chi connectivity index (χ2n) is 6.34. The molecule has 0 saturated carbocycles. The number of carbonyl (C=O) groups excluding carboxylic acids is 1. The SMILES string of the molecule is O=C(Nc1cnc2c(c1)CNCC2)c1ccc(-c2cccc(Cl)c2)[nH]c1=O. The highest BCUT2D eigenvalue weighted by Crippen LogP contribution is 2.20. The topological polar surface area (TPSA) is 86.9 Å². The Morgan fingerprint density at radius 1 is 1.19 bits per heavy atom. The number of halogens is 1. The maximum atomic E-state index is 12.5. The van der Waals surface area contributed by atoms with E-state index in [1.165, 1.54) is 6.07 Å². The molecule has 0 unspecified atom stereocenters. The summed E-state index contributed by atoms with van der Waals surface area (Å²) in [5.74, 6) is -0.473. The highest BCUT2D eigenvalue weighted by molar-refractivity contribution is 6.30. The van der Waals surface area contributed by atoms with Gasteiger partial charge in [0.25, 0.3) is 11.5 Å². The molecule has 0 atom stereocenters. The molecular formula is C20H17ClN4O2. The van der Waals surface area contributed by atoms with Gasteiger partial charge in [-0.2, -0.15) is 0 Å². The van der Waals surface area contributed by atoms with E-state index >= 15 is 0 Å². The monoisotopic (exact) mass is 380 g/mol. The average Bonchev–Trinajstić information content (AvgIpc) is 2.67. The molecule has 136 valence electrons. The molecule has 3 aromatic rings. The number of amides is 1. The van der Waals surface area contributed by atoms with E-state index in [-0.39, 0.29) is 5.56 Å². The number of pyridine rings is 2. The van der Waals surface area contributed by atoms with Crippen LogP contribution in [0.25, 0.3) is 11.3 Å². The first-order valence-electron chi connectivity index (χ1n) is 8.59. The molecule has 1 aliphatic rings. The van der Waals surface area contributed by atoms with Crippen LogP contribution in [0.4, 0.5) is 5.69 Å². The van der Waals surface area contributed by atoms with Crippen LogP contribution in [0, 0.1) is 0 Å². The number of rotatable bonds is 3. The first-order chi connectivity index (χ1) is 13.1. The van der Waals surface area contributed by atoms with E-state index in [1.54, 1.807) is 30.5 Å². The molecule has 4 rings (SSSR count). The molecule has 0 spiro atoms. The van der Waals surface area contributed by atoms with E-state index in [1.807, 2.05) is 12.1 Å². The van der Waals surface area contributed by atoms with Gasteiger partial charge in [0.05, 0.1) is 11.9 Å². The smallest absolute Gasteiger partial charge is 0.261 e. The molecular weight excluding hydrogens is 364 g/mol. The Kier molecular flexibility index (Phi) is 4.75. The third-order valence-electron chi connectivity index (χ3n) is 4.46. The van der Waals surface area contributed by atoms with Crippen molar-refractivity contribution >= 4 is 23.2 Å². The lowest BCUT2D eigenvalue weighted by Crippen LogP contribution is -2.26. The van der Waals surface area contributed by atoms with Crippen LogP contribution in [0.3, 0.4) is 0 Å². The number of aromatic nitrogens is 2. The molecule has 3 heterocycles. The number of fused-ring (bicyclic) bond motifs is 1. The molecule has 1 aliphatic heterocycles. The minimum absolute atomic E-state index is 0.0385. The van der Waals surface area contributed by atoms with Crippen LogP contribution in [0.1, 0.15) is 21.6 Å². The van der Waals surface area contributed by atoms with Gasteiger partial charge in [-0.1, -0.05) is 23.7 Å². The number of hydrogen-bond donors (Lipinski definition) is 3. The van der Waals surface area contributed by atoms with Crippen LogP contribution in [-0.2, 0) is 13.0 Å². The Bertz CT molecular complexity index is 1080. The van der Waals surface area contributed by atoms with Crippen molar-refractivity contribution in [1.82, 2.24) is 15.3 Å². The number of nitrogens with one attached hydrogen (secondary N) is 3. The summed E-state index contributed by atoms with van der Waals surface area (Å²) in [5, 5.41) is 6.59. The maximum absolute atomic E-state index is 12.5. The highest BCUT2D eigenvalue weighted by Gasteiger charge is 2.15. The van der Waals surface area contributed by atoms with Crippen LogP contribution in [0.5, 0.6) is 0 Å². The van der Waals surface area contributed by atoms with Gasteiger partial charge in [0.1, 0.15) is 5.56 Å². The van der Waals surface area contributed by atoms with E-state index in [2.05, 4.69) is 20.6 Å². The fourth-order valence-electron chi connectivity index (χ4n) is 3.09. The van der Waals surface area contributed by atoms with Crippen LogP contribution in [-0.4, -0.2) is 22.4 Å². The Hall–Kier alpha value is -2.96. The van der Waals surface area contributed by atoms with Gasteiger partial charge in [-0.25, -0.2) is 0 Å². The van der Waals surface area contributed by atoms with Crippen LogP contribution < -0.4 is 16.2 Å². The zero-order valence-electron chi connectivity index (χ0n) is 14.4. The first kappa shape index (κ1) is 17.5.